The van der Waals surface area contributed by atoms with Crippen molar-refractivity contribution in [3.63, 3.8) is 0 Å². The van der Waals surface area contributed by atoms with E-state index in [0.29, 0.717) is 5.56 Å². The summed E-state index contributed by atoms with van der Waals surface area (Å²) < 4.78 is 12.9. The lowest BCUT2D eigenvalue weighted by molar-refractivity contribution is -0.133. The van der Waals surface area contributed by atoms with E-state index in [1.54, 1.807) is 0 Å². The Morgan fingerprint density at radius 1 is 1.39 bits per heavy atom. The van der Waals surface area contributed by atoms with Crippen molar-refractivity contribution in [3.05, 3.63) is 47.4 Å². The molecule has 0 unspecified atom stereocenters. The lowest BCUT2D eigenvalue weighted by Gasteiger charge is -2.32. The Hall–Kier alpha value is -2.37. The molecule has 0 fully saturated rings. The molecule has 18 heavy (non-hydrogen) atoms. The number of halogens is 1. The summed E-state index contributed by atoms with van der Waals surface area (Å²) in [5.74, 6) is -1.54. The van der Waals surface area contributed by atoms with Crippen molar-refractivity contribution in [2.75, 3.05) is 7.05 Å². The lowest BCUT2D eigenvalue weighted by Crippen LogP contribution is -2.43. The highest BCUT2D eigenvalue weighted by molar-refractivity contribution is 5.92. The van der Waals surface area contributed by atoms with Crippen LogP contribution in [-0.4, -0.2) is 29.1 Å². The zero-order chi connectivity index (χ0) is 13.3. The van der Waals surface area contributed by atoms with Gasteiger partial charge < -0.3 is 15.3 Å². The second kappa shape index (κ2) is 4.48. The maximum atomic E-state index is 12.9. The Morgan fingerprint density at radius 2 is 2.00 bits per heavy atom. The summed E-state index contributed by atoms with van der Waals surface area (Å²) in [4.78, 5) is 23.9. The van der Waals surface area contributed by atoms with Gasteiger partial charge in [0.2, 0.25) is 0 Å². The minimum atomic E-state index is -1.13. The monoisotopic (exact) mass is 250 g/mol. The Balaban J connectivity index is 2.46. The van der Waals surface area contributed by atoms with Crippen LogP contribution in [0.2, 0.25) is 0 Å². The summed E-state index contributed by atoms with van der Waals surface area (Å²) in [6.45, 7) is 0. The van der Waals surface area contributed by atoms with Gasteiger partial charge in [-0.25, -0.2) is 14.0 Å². The molecule has 0 radical (unpaired) electrons. The van der Waals surface area contributed by atoms with Crippen molar-refractivity contribution in [3.8, 4) is 0 Å². The fourth-order valence-corrected chi connectivity index (χ4v) is 1.87. The van der Waals surface area contributed by atoms with Crippen molar-refractivity contribution in [1.82, 2.24) is 10.2 Å². The zero-order valence-corrected chi connectivity index (χ0v) is 9.55. The number of nitrogens with one attached hydrogen (secondary N) is 1. The highest BCUT2D eigenvalue weighted by Crippen LogP contribution is 2.29. The molecule has 0 spiro atoms. The van der Waals surface area contributed by atoms with Gasteiger partial charge >= 0.3 is 12.0 Å². The second-order valence-corrected chi connectivity index (χ2v) is 3.92. The average Bonchev–Trinajstić information content (AvgIpc) is 2.33. The van der Waals surface area contributed by atoms with E-state index in [4.69, 9.17) is 5.11 Å². The third-order valence-electron chi connectivity index (χ3n) is 2.79. The zero-order valence-electron chi connectivity index (χ0n) is 9.55. The number of rotatable bonds is 2. The van der Waals surface area contributed by atoms with Crippen molar-refractivity contribution in [1.29, 1.82) is 0 Å². The van der Waals surface area contributed by atoms with Crippen LogP contribution in [0.15, 0.2) is 36.0 Å². The van der Waals surface area contributed by atoms with E-state index in [1.165, 1.54) is 42.4 Å². The molecule has 0 saturated heterocycles. The molecule has 1 heterocycles. The number of amides is 2. The molecule has 6 heteroatoms. The molecule has 94 valence electrons. The fourth-order valence-electron chi connectivity index (χ4n) is 1.87. The number of carboxylic acids is 1. The Bertz CT molecular complexity index is 525. The summed E-state index contributed by atoms with van der Waals surface area (Å²) in [5.41, 5.74) is 0.575. The summed E-state index contributed by atoms with van der Waals surface area (Å²) in [5, 5.41) is 11.5. The highest BCUT2D eigenvalue weighted by Gasteiger charge is 2.32. The van der Waals surface area contributed by atoms with Crippen LogP contribution in [0.3, 0.4) is 0 Å². The molecule has 2 rings (SSSR count). The molecule has 0 aromatic heterocycles. The molecule has 1 aliphatic heterocycles. The quantitative estimate of drug-likeness (QED) is 0.835. The van der Waals surface area contributed by atoms with Gasteiger partial charge in [-0.1, -0.05) is 12.1 Å². The summed E-state index contributed by atoms with van der Waals surface area (Å²) >= 11 is 0. The van der Waals surface area contributed by atoms with E-state index in [0.717, 1.165) is 0 Å². The third kappa shape index (κ3) is 2.04. The van der Waals surface area contributed by atoms with Crippen molar-refractivity contribution in [2.45, 2.75) is 6.04 Å². The molecule has 0 saturated carbocycles. The van der Waals surface area contributed by atoms with Crippen molar-refractivity contribution < 1.29 is 19.1 Å². The number of likely N-dealkylation sites (N-methyl/N-ethyl adjacent to an activating group) is 1. The van der Waals surface area contributed by atoms with Gasteiger partial charge in [0.1, 0.15) is 5.82 Å². The van der Waals surface area contributed by atoms with E-state index in [1.807, 2.05) is 0 Å². The first-order chi connectivity index (χ1) is 8.50. The highest BCUT2D eigenvalue weighted by atomic mass is 19.1. The standard InChI is InChI=1S/C12H11FN2O3/c1-15-10(7-2-4-8(13)5-3-7)9(11(16)17)6-14-12(15)18/h2-6,10H,1H3,(H,14,18)(H,16,17)/t10-/m0/s1. The number of benzene rings is 1. The predicted molar refractivity (Wildman–Crippen MR) is 61.2 cm³/mol. The molecule has 1 atom stereocenters. The van der Waals surface area contributed by atoms with Gasteiger partial charge in [-0.15, -0.1) is 0 Å². The summed E-state index contributed by atoms with van der Waals surface area (Å²) in [6, 6.07) is 4.26. The van der Waals surface area contributed by atoms with Gasteiger partial charge in [0.15, 0.2) is 0 Å². The van der Waals surface area contributed by atoms with Crippen LogP contribution in [0.25, 0.3) is 0 Å². The van der Waals surface area contributed by atoms with Crippen LogP contribution < -0.4 is 5.32 Å². The molecule has 5 nitrogen and oxygen atoms in total. The molecule has 0 aliphatic carbocycles. The molecule has 1 aromatic rings. The van der Waals surface area contributed by atoms with E-state index in [9.17, 15) is 14.0 Å². The Morgan fingerprint density at radius 3 is 2.56 bits per heavy atom. The molecular weight excluding hydrogens is 239 g/mol. The first kappa shape index (κ1) is 12.1. The number of carbonyl (C=O) groups is 2. The molecule has 1 aliphatic rings. The molecular formula is C12H11FN2O3. The largest absolute Gasteiger partial charge is 0.478 e. The van der Waals surface area contributed by atoms with Crippen LogP contribution in [0.1, 0.15) is 11.6 Å². The topological polar surface area (TPSA) is 69.6 Å². The summed E-state index contributed by atoms with van der Waals surface area (Å²) in [6.07, 6.45) is 1.17. The minimum absolute atomic E-state index is 0.0312. The first-order valence-corrected chi connectivity index (χ1v) is 5.23. The van der Waals surface area contributed by atoms with E-state index < -0.39 is 23.9 Å². The number of carbonyl (C=O) groups excluding carboxylic acids is 1. The van der Waals surface area contributed by atoms with Crippen LogP contribution in [0.5, 0.6) is 0 Å². The number of hydrogen-bond acceptors (Lipinski definition) is 2. The van der Waals surface area contributed by atoms with E-state index >= 15 is 0 Å². The van der Waals surface area contributed by atoms with Crippen LogP contribution in [0.4, 0.5) is 9.18 Å². The van der Waals surface area contributed by atoms with Gasteiger partial charge in [0, 0.05) is 13.2 Å². The van der Waals surface area contributed by atoms with Gasteiger partial charge in [-0.05, 0) is 17.7 Å². The number of aliphatic carboxylic acids is 1. The number of urea groups is 1. The minimum Gasteiger partial charge on any atom is -0.478 e. The first-order valence-electron chi connectivity index (χ1n) is 5.23. The van der Waals surface area contributed by atoms with Crippen LogP contribution in [0, 0.1) is 5.82 Å². The smallest absolute Gasteiger partial charge is 0.335 e. The predicted octanol–water partition coefficient (Wildman–Crippen LogP) is 1.49. The Labute approximate surface area is 103 Å². The van der Waals surface area contributed by atoms with Gasteiger partial charge in [0.25, 0.3) is 0 Å². The summed E-state index contributed by atoms with van der Waals surface area (Å²) in [7, 11) is 1.49. The number of carboxylic acid groups (broad SMARTS) is 1. The molecule has 2 amide bonds. The lowest BCUT2D eigenvalue weighted by atomic mass is 9.97. The average molecular weight is 250 g/mol. The maximum Gasteiger partial charge on any atom is 0.335 e. The molecule has 1 aromatic carbocycles. The molecule has 2 N–H and O–H groups in total. The SMILES string of the molecule is CN1C(=O)NC=C(C(=O)O)[C@@H]1c1ccc(F)cc1. The van der Waals surface area contributed by atoms with E-state index in [-0.39, 0.29) is 5.57 Å². The molecule has 0 bridgehead atoms. The van der Waals surface area contributed by atoms with Crippen molar-refractivity contribution in [2.24, 2.45) is 0 Å². The van der Waals surface area contributed by atoms with E-state index in [2.05, 4.69) is 5.32 Å². The van der Waals surface area contributed by atoms with Gasteiger partial charge in [-0.2, -0.15) is 0 Å². The number of nitrogens with zero attached hydrogens (tertiary/aromatic N) is 1. The Kier molecular flexibility index (Phi) is 3.01. The normalized spacial score (nSPS) is 19.2. The maximum absolute atomic E-state index is 12.9. The third-order valence-corrected chi connectivity index (χ3v) is 2.79. The van der Waals surface area contributed by atoms with Crippen LogP contribution >= 0.6 is 0 Å². The van der Waals surface area contributed by atoms with Gasteiger partial charge in [0.05, 0.1) is 11.6 Å². The van der Waals surface area contributed by atoms with Crippen LogP contribution in [-0.2, 0) is 4.79 Å². The number of hydrogen-bond donors (Lipinski definition) is 2. The fraction of sp³-hybridized carbons (Fsp3) is 0.167. The van der Waals surface area contributed by atoms with Crippen molar-refractivity contribution >= 4 is 12.0 Å². The second-order valence-electron chi connectivity index (χ2n) is 3.92. The van der Waals surface area contributed by atoms with Gasteiger partial charge in [-0.3, -0.25) is 0 Å².